The number of hydrogen-bond donors (Lipinski definition) is 0. The second-order valence-electron chi connectivity index (χ2n) is 24.9. The van der Waals surface area contributed by atoms with Crippen LogP contribution in [0.1, 0.15) is 400 Å². The quantitative estimate of drug-likeness (QED) is 0.0261. The molecule has 1 atom stereocenters. The molecular formula is C76H140O6. The smallest absolute Gasteiger partial charge is 0.306 e. The van der Waals surface area contributed by atoms with E-state index in [0.717, 1.165) is 89.9 Å². The molecule has 6 nitrogen and oxygen atoms in total. The zero-order valence-corrected chi connectivity index (χ0v) is 55.3. The van der Waals surface area contributed by atoms with Crippen molar-refractivity contribution in [2.75, 3.05) is 13.2 Å². The van der Waals surface area contributed by atoms with Crippen molar-refractivity contribution in [3.63, 3.8) is 0 Å². The lowest BCUT2D eigenvalue weighted by atomic mass is 10.0. The predicted octanol–water partition coefficient (Wildman–Crippen LogP) is 25.3. The van der Waals surface area contributed by atoms with Crippen LogP contribution in [-0.4, -0.2) is 37.2 Å². The number of unbranched alkanes of at least 4 members (excludes halogenated alkanes) is 49. The largest absolute Gasteiger partial charge is 0.462 e. The molecule has 0 saturated heterocycles. The summed E-state index contributed by atoms with van der Waals surface area (Å²) in [5.41, 5.74) is 0. The van der Waals surface area contributed by atoms with Gasteiger partial charge in [0.2, 0.25) is 0 Å². The van der Waals surface area contributed by atoms with Gasteiger partial charge in [0.25, 0.3) is 0 Å². The normalized spacial score (nSPS) is 12.3. The van der Waals surface area contributed by atoms with Crippen LogP contribution in [0.5, 0.6) is 0 Å². The number of rotatable bonds is 68. The zero-order valence-electron chi connectivity index (χ0n) is 55.3. The van der Waals surface area contributed by atoms with Crippen molar-refractivity contribution in [2.45, 2.75) is 406 Å². The van der Waals surface area contributed by atoms with Gasteiger partial charge in [-0.3, -0.25) is 14.4 Å². The summed E-state index contributed by atoms with van der Waals surface area (Å²) in [4.78, 5) is 38.4. The highest BCUT2D eigenvalue weighted by molar-refractivity contribution is 5.71. The van der Waals surface area contributed by atoms with Crippen molar-refractivity contribution in [1.82, 2.24) is 0 Å². The molecule has 0 rings (SSSR count). The molecule has 0 saturated carbocycles. The van der Waals surface area contributed by atoms with Crippen molar-refractivity contribution < 1.29 is 28.6 Å². The van der Waals surface area contributed by atoms with E-state index in [-0.39, 0.29) is 31.1 Å². The third kappa shape index (κ3) is 68.2. The molecule has 480 valence electrons. The SMILES string of the molecule is CCC/C=C\C/C=C\CCCCCCCC(=O)OCC(COC(=O)CCCCCCCCCCCCCCCCC/C=C\C/C=C\CCCCCCC)OC(=O)CCCCCCCCCCCCCCCCCCCCCCCCCC. The van der Waals surface area contributed by atoms with E-state index in [1.165, 1.54) is 270 Å². The van der Waals surface area contributed by atoms with Gasteiger partial charge in [-0.05, 0) is 77.0 Å². The Balaban J connectivity index is 4.21. The molecule has 0 radical (unpaired) electrons. The Bertz CT molecular complexity index is 1410. The van der Waals surface area contributed by atoms with E-state index >= 15 is 0 Å². The van der Waals surface area contributed by atoms with Gasteiger partial charge in [0, 0.05) is 19.3 Å². The first kappa shape index (κ1) is 79.4. The lowest BCUT2D eigenvalue weighted by Gasteiger charge is -2.18. The van der Waals surface area contributed by atoms with Crippen molar-refractivity contribution in [1.29, 1.82) is 0 Å². The number of ether oxygens (including phenoxy) is 3. The minimum Gasteiger partial charge on any atom is -0.462 e. The third-order valence-corrected chi connectivity index (χ3v) is 16.5. The monoisotopic (exact) mass is 1150 g/mol. The second-order valence-corrected chi connectivity index (χ2v) is 24.9. The first-order valence-corrected chi connectivity index (χ1v) is 36.6. The Morgan fingerprint density at radius 2 is 0.463 bits per heavy atom. The standard InChI is InChI=1S/C76H140O6/c1-4-7-10-13-16-19-22-25-27-29-31-33-35-37-38-39-41-42-44-46-48-51-54-57-60-63-66-69-75(78)81-72-73(71-80-74(77)68-65-62-59-56-53-50-24-21-18-15-12-9-6-3)82-76(79)70-67-64-61-58-55-52-49-47-45-43-40-36-34-32-30-28-26-23-20-17-14-11-8-5-2/h12,15,21-22,24-25,29,31,73H,4-11,13-14,16-20,23,26-28,30,32-72H2,1-3H3/b15-12-,24-21-,25-22-,31-29-. The van der Waals surface area contributed by atoms with Crippen LogP contribution in [0, 0.1) is 0 Å². The summed E-state index contributed by atoms with van der Waals surface area (Å²) in [6.07, 6.45) is 90.1. The number of hydrogen-bond acceptors (Lipinski definition) is 6. The molecule has 0 heterocycles. The molecule has 0 bridgehead atoms. The highest BCUT2D eigenvalue weighted by Crippen LogP contribution is 2.19. The maximum atomic E-state index is 13.0. The highest BCUT2D eigenvalue weighted by Gasteiger charge is 2.19. The van der Waals surface area contributed by atoms with Crippen LogP contribution in [0.3, 0.4) is 0 Å². The molecule has 82 heavy (non-hydrogen) atoms. The van der Waals surface area contributed by atoms with Crippen LogP contribution in [-0.2, 0) is 28.6 Å². The molecule has 0 N–H and O–H groups in total. The highest BCUT2D eigenvalue weighted by atomic mass is 16.6. The van der Waals surface area contributed by atoms with E-state index in [1.807, 2.05) is 0 Å². The molecule has 0 fully saturated rings. The fourth-order valence-electron chi connectivity index (χ4n) is 11.0. The molecule has 1 unspecified atom stereocenters. The number of carbonyl (C=O) groups excluding carboxylic acids is 3. The van der Waals surface area contributed by atoms with Crippen molar-refractivity contribution in [3.8, 4) is 0 Å². The van der Waals surface area contributed by atoms with Crippen LogP contribution >= 0.6 is 0 Å². The summed E-state index contributed by atoms with van der Waals surface area (Å²) in [7, 11) is 0. The van der Waals surface area contributed by atoms with E-state index in [0.29, 0.717) is 19.3 Å². The lowest BCUT2D eigenvalue weighted by molar-refractivity contribution is -0.167. The summed E-state index contributed by atoms with van der Waals surface area (Å²) < 4.78 is 17.0. The molecule has 0 aromatic heterocycles. The van der Waals surface area contributed by atoms with Crippen molar-refractivity contribution in [3.05, 3.63) is 48.6 Å². The van der Waals surface area contributed by atoms with E-state index in [9.17, 15) is 14.4 Å². The van der Waals surface area contributed by atoms with Gasteiger partial charge in [-0.25, -0.2) is 0 Å². The molecule has 0 amide bonds. The molecule has 0 spiro atoms. The maximum absolute atomic E-state index is 13.0. The fourth-order valence-corrected chi connectivity index (χ4v) is 11.0. The molecular weight excluding hydrogens is 1010 g/mol. The topological polar surface area (TPSA) is 78.9 Å². The summed E-state index contributed by atoms with van der Waals surface area (Å²) in [6, 6.07) is 0. The first-order chi connectivity index (χ1) is 40.5. The molecule has 0 aliphatic heterocycles. The zero-order chi connectivity index (χ0) is 59.2. The van der Waals surface area contributed by atoms with Crippen LogP contribution in [0.4, 0.5) is 0 Å². The number of allylic oxidation sites excluding steroid dienone is 8. The van der Waals surface area contributed by atoms with Crippen LogP contribution in [0.2, 0.25) is 0 Å². The van der Waals surface area contributed by atoms with Gasteiger partial charge in [-0.2, -0.15) is 0 Å². The van der Waals surface area contributed by atoms with Crippen molar-refractivity contribution in [2.24, 2.45) is 0 Å². The average molecular weight is 1150 g/mol. The minimum atomic E-state index is -0.778. The average Bonchev–Trinajstić information content (AvgIpc) is 3.47. The van der Waals surface area contributed by atoms with Crippen LogP contribution < -0.4 is 0 Å². The Hall–Kier alpha value is -2.63. The minimum absolute atomic E-state index is 0.0730. The molecule has 0 aromatic carbocycles. The van der Waals surface area contributed by atoms with Crippen molar-refractivity contribution >= 4 is 17.9 Å². The van der Waals surface area contributed by atoms with Gasteiger partial charge >= 0.3 is 17.9 Å². The molecule has 0 aliphatic carbocycles. The molecule has 6 heteroatoms. The van der Waals surface area contributed by atoms with Gasteiger partial charge in [-0.15, -0.1) is 0 Å². The van der Waals surface area contributed by atoms with Gasteiger partial charge in [0.05, 0.1) is 0 Å². The maximum Gasteiger partial charge on any atom is 0.306 e. The van der Waals surface area contributed by atoms with E-state index in [1.54, 1.807) is 0 Å². The Kier molecular flexibility index (Phi) is 68.6. The third-order valence-electron chi connectivity index (χ3n) is 16.5. The number of esters is 3. The van der Waals surface area contributed by atoms with Gasteiger partial charge in [0.1, 0.15) is 13.2 Å². The summed E-state index contributed by atoms with van der Waals surface area (Å²) in [6.45, 7) is 6.63. The van der Waals surface area contributed by atoms with Gasteiger partial charge in [-0.1, -0.05) is 352 Å². The lowest BCUT2D eigenvalue weighted by Crippen LogP contribution is -2.30. The van der Waals surface area contributed by atoms with Gasteiger partial charge < -0.3 is 14.2 Å². The molecule has 0 aliphatic rings. The second kappa shape index (κ2) is 70.9. The predicted molar refractivity (Wildman–Crippen MR) is 358 cm³/mol. The Labute approximate surface area is 511 Å². The van der Waals surface area contributed by atoms with E-state index in [2.05, 4.69) is 69.4 Å². The van der Waals surface area contributed by atoms with E-state index in [4.69, 9.17) is 14.2 Å². The summed E-state index contributed by atoms with van der Waals surface area (Å²) >= 11 is 0. The summed E-state index contributed by atoms with van der Waals surface area (Å²) in [5.74, 6) is -0.860. The van der Waals surface area contributed by atoms with Gasteiger partial charge in [0.15, 0.2) is 6.10 Å². The Morgan fingerprint density at radius 3 is 0.720 bits per heavy atom. The first-order valence-electron chi connectivity index (χ1n) is 36.6. The van der Waals surface area contributed by atoms with E-state index < -0.39 is 6.10 Å². The van der Waals surface area contributed by atoms with Crippen LogP contribution in [0.15, 0.2) is 48.6 Å². The fraction of sp³-hybridized carbons (Fsp3) is 0.855. The summed E-state index contributed by atoms with van der Waals surface area (Å²) in [5, 5.41) is 0. The Morgan fingerprint density at radius 1 is 0.244 bits per heavy atom. The number of carbonyl (C=O) groups is 3. The molecule has 0 aromatic rings. The van der Waals surface area contributed by atoms with Crippen LogP contribution in [0.25, 0.3) is 0 Å².